The third kappa shape index (κ3) is 1.49. The fraction of sp³-hybridized carbons (Fsp3) is 0.333. The average Bonchev–Trinajstić information content (AvgIpc) is 2.36. The van der Waals surface area contributed by atoms with E-state index in [1.165, 1.54) is 0 Å². The van der Waals surface area contributed by atoms with E-state index in [9.17, 15) is 4.79 Å². The van der Waals surface area contributed by atoms with Gasteiger partial charge < -0.3 is 14.9 Å². The van der Waals surface area contributed by atoms with Crippen molar-refractivity contribution in [1.29, 1.82) is 0 Å². The highest BCUT2D eigenvalue weighted by atomic mass is 16.6. The highest BCUT2D eigenvalue weighted by Crippen LogP contribution is 2.14. The molecule has 60 valence electrons. The van der Waals surface area contributed by atoms with E-state index in [0.29, 0.717) is 6.61 Å². The number of carbonyl (C=O) groups is 1. The Labute approximate surface area is 63.2 Å². The topological polar surface area (TPSA) is 78.3 Å². The molecule has 0 aliphatic heterocycles. The second kappa shape index (κ2) is 3.05. The van der Waals surface area contributed by atoms with Gasteiger partial charge in [-0.2, -0.15) is 0 Å². The van der Waals surface area contributed by atoms with Gasteiger partial charge in [0.1, 0.15) is 0 Å². The molecular weight excluding hydrogens is 148 g/mol. The summed E-state index contributed by atoms with van der Waals surface area (Å²) in [5, 5.41) is 0. The lowest BCUT2D eigenvalue weighted by molar-refractivity contribution is 0.0989. The zero-order valence-corrected chi connectivity index (χ0v) is 6.03. The molecule has 0 saturated heterocycles. The van der Waals surface area contributed by atoms with E-state index < -0.39 is 5.91 Å². The molecule has 0 unspecified atom stereocenters. The summed E-state index contributed by atoms with van der Waals surface area (Å²) in [6.45, 7) is 2.18. The fourth-order valence-corrected chi connectivity index (χ4v) is 0.633. The quantitative estimate of drug-likeness (QED) is 0.676. The van der Waals surface area contributed by atoms with Crippen molar-refractivity contribution in [3.05, 3.63) is 12.1 Å². The molecule has 0 aliphatic carbocycles. The highest BCUT2D eigenvalue weighted by molar-refractivity contribution is 5.92. The van der Waals surface area contributed by atoms with E-state index in [4.69, 9.17) is 14.9 Å². The molecule has 1 aromatic heterocycles. The molecule has 11 heavy (non-hydrogen) atoms. The van der Waals surface area contributed by atoms with Gasteiger partial charge in [0.05, 0.1) is 6.61 Å². The van der Waals surface area contributed by atoms with Crippen molar-refractivity contribution in [3.63, 3.8) is 0 Å². The lowest BCUT2D eigenvalue weighted by atomic mass is 10.4. The number of hydrogen-bond donors (Lipinski definition) is 1. The molecule has 5 nitrogen and oxygen atoms in total. The lowest BCUT2D eigenvalue weighted by Gasteiger charge is -1.96. The number of nitrogens with two attached hydrogens (primary N) is 1. The summed E-state index contributed by atoms with van der Waals surface area (Å²) in [7, 11) is 0. The van der Waals surface area contributed by atoms with Gasteiger partial charge in [-0.05, 0) is 6.92 Å². The first-order chi connectivity index (χ1) is 5.25. The lowest BCUT2D eigenvalue weighted by Crippen LogP contribution is -2.12. The molecule has 1 amide bonds. The van der Waals surface area contributed by atoms with Crippen molar-refractivity contribution in [1.82, 2.24) is 4.98 Å². The van der Waals surface area contributed by atoms with Crippen LogP contribution in [0.5, 0.6) is 5.95 Å². The van der Waals surface area contributed by atoms with Gasteiger partial charge in [-0.15, -0.1) is 0 Å². The second-order valence-electron chi connectivity index (χ2n) is 1.79. The fourth-order valence-electron chi connectivity index (χ4n) is 0.633. The number of nitrogens with zero attached hydrogens (tertiary/aromatic N) is 1. The monoisotopic (exact) mass is 156 g/mol. The van der Waals surface area contributed by atoms with Crippen molar-refractivity contribution in [2.45, 2.75) is 6.92 Å². The van der Waals surface area contributed by atoms with Crippen LogP contribution in [0.4, 0.5) is 0 Å². The van der Waals surface area contributed by atoms with Crippen molar-refractivity contribution >= 4 is 5.91 Å². The Hall–Kier alpha value is -1.52. The molecule has 5 heteroatoms. The Bertz CT molecular complexity index is 256. The Balaban J connectivity index is 2.87. The van der Waals surface area contributed by atoms with Crippen molar-refractivity contribution < 1.29 is 13.9 Å². The molecule has 1 rings (SSSR count). The molecule has 0 saturated carbocycles. The summed E-state index contributed by atoms with van der Waals surface area (Å²) in [5.74, 6) is -0.567. The number of hydrogen-bond acceptors (Lipinski definition) is 4. The van der Waals surface area contributed by atoms with Crippen LogP contribution in [0.3, 0.4) is 0 Å². The van der Waals surface area contributed by atoms with Gasteiger partial charge in [0.25, 0.3) is 5.91 Å². The minimum absolute atomic E-state index is 0.0341. The first kappa shape index (κ1) is 7.59. The van der Waals surface area contributed by atoms with E-state index in [1.807, 2.05) is 0 Å². The molecule has 0 aliphatic rings. The molecule has 0 spiro atoms. The minimum atomic E-state index is -0.651. The summed E-state index contributed by atoms with van der Waals surface area (Å²) in [5.41, 5.74) is 4.98. The predicted octanol–water partition coefficient (Wildman–Crippen LogP) is 0.172. The largest absolute Gasteiger partial charge is 0.464 e. The van der Waals surface area contributed by atoms with Crippen LogP contribution >= 0.6 is 0 Å². The van der Waals surface area contributed by atoms with E-state index in [2.05, 4.69) is 4.98 Å². The average molecular weight is 156 g/mol. The van der Waals surface area contributed by atoms with E-state index in [1.54, 1.807) is 6.92 Å². The van der Waals surface area contributed by atoms with Gasteiger partial charge in [0, 0.05) is 0 Å². The Morgan fingerprint density at radius 2 is 2.64 bits per heavy atom. The van der Waals surface area contributed by atoms with Crippen LogP contribution in [0.2, 0.25) is 0 Å². The zero-order chi connectivity index (χ0) is 8.27. The Morgan fingerprint density at radius 3 is 3.18 bits per heavy atom. The van der Waals surface area contributed by atoms with Gasteiger partial charge in [-0.3, -0.25) is 4.79 Å². The molecule has 1 heterocycles. The zero-order valence-electron chi connectivity index (χ0n) is 6.03. The molecule has 0 atom stereocenters. The van der Waals surface area contributed by atoms with Gasteiger partial charge in [-0.1, -0.05) is 0 Å². The smallest absolute Gasteiger partial charge is 0.318 e. The van der Waals surface area contributed by atoms with Crippen LogP contribution in [0.1, 0.15) is 17.4 Å². The maximum absolute atomic E-state index is 10.6. The SMILES string of the molecule is CCOc1ocnc1C(N)=O. The number of rotatable bonds is 3. The van der Waals surface area contributed by atoms with Crippen LogP contribution in [-0.2, 0) is 0 Å². The van der Waals surface area contributed by atoms with Crippen LogP contribution in [0, 0.1) is 0 Å². The molecule has 2 N–H and O–H groups in total. The van der Waals surface area contributed by atoms with Crippen LogP contribution in [-0.4, -0.2) is 17.5 Å². The molecular formula is C6H8N2O3. The number of aromatic nitrogens is 1. The molecule has 0 aromatic carbocycles. The summed E-state index contributed by atoms with van der Waals surface area (Å²) >= 11 is 0. The summed E-state index contributed by atoms with van der Waals surface area (Å²) in [4.78, 5) is 14.1. The first-order valence-corrected chi connectivity index (χ1v) is 3.11. The standard InChI is InChI=1S/C6H8N2O3/c1-2-10-6-4(5(7)9)8-3-11-6/h3H,2H2,1H3,(H2,7,9). The number of primary amides is 1. The molecule has 0 radical (unpaired) electrons. The minimum Gasteiger partial charge on any atom is -0.464 e. The highest BCUT2D eigenvalue weighted by Gasteiger charge is 2.13. The number of ether oxygens (including phenoxy) is 1. The summed E-state index contributed by atoms with van der Waals surface area (Å²) in [6.07, 6.45) is 1.12. The maximum atomic E-state index is 10.6. The first-order valence-electron chi connectivity index (χ1n) is 3.11. The number of oxazole rings is 1. The Kier molecular flexibility index (Phi) is 2.10. The third-order valence-electron chi connectivity index (χ3n) is 1.04. The second-order valence-corrected chi connectivity index (χ2v) is 1.79. The Morgan fingerprint density at radius 1 is 1.91 bits per heavy atom. The maximum Gasteiger partial charge on any atom is 0.318 e. The number of carbonyl (C=O) groups excluding carboxylic acids is 1. The van der Waals surface area contributed by atoms with Crippen molar-refractivity contribution in [3.8, 4) is 5.95 Å². The van der Waals surface area contributed by atoms with E-state index in [-0.39, 0.29) is 11.6 Å². The van der Waals surface area contributed by atoms with Crippen LogP contribution in [0.25, 0.3) is 0 Å². The normalized spacial score (nSPS) is 9.55. The molecule has 1 aromatic rings. The summed E-state index contributed by atoms with van der Waals surface area (Å²) < 4.78 is 9.64. The van der Waals surface area contributed by atoms with Gasteiger partial charge in [-0.25, -0.2) is 4.98 Å². The van der Waals surface area contributed by atoms with Gasteiger partial charge >= 0.3 is 5.95 Å². The molecule has 0 fully saturated rings. The van der Waals surface area contributed by atoms with E-state index in [0.717, 1.165) is 6.39 Å². The van der Waals surface area contributed by atoms with Crippen LogP contribution < -0.4 is 10.5 Å². The third-order valence-corrected chi connectivity index (χ3v) is 1.04. The van der Waals surface area contributed by atoms with Gasteiger partial charge in [0.15, 0.2) is 6.39 Å². The van der Waals surface area contributed by atoms with Gasteiger partial charge in [0.2, 0.25) is 5.69 Å². The predicted molar refractivity (Wildman–Crippen MR) is 36.2 cm³/mol. The van der Waals surface area contributed by atoms with Crippen molar-refractivity contribution in [2.24, 2.45) is 5.73 Å². The van der Waals surface area contributed by atoms with Crippen molar-refractivity contribution in [2.75, 3.05) is 6.61 Å². The van der Waals surface area contributed by atoms with Crippen LogP contribution in [0.15, 0.2) is 10.8 Å². The van der Waals surface area contributed by atoms with E-state index >= 15 is 0 Å². The molecule has 0 bridgehead atoms. The number of amides is 1. The summed E-state index contributed by atoms with van der Waals surface area (Å²) in [6, 6.07) is 0.